The highest BCUT2D eigenvalue weighted by Crippen LogP contribution is 2.38. The van der Waals surface area contributed by atoms with E-state index in [0.29, 0.717) is 5.92 Å². The van der Waals surface area contributed by atoms with Crippen molar-refractivity contribution in [2.24, 2.45) is 5.92 Å². The van der Waals surface area contributed by atoms with Crippen molar-refractivity contribution < 1.29 is 4.39 Å². The Morgan fingerprint density at radius 3 is 2.17 bits per heavy atom. The molecule has 0 aliphatic heterocycles. The van der Waals surface area contributed by atoms with E-state index in [1.807, 2.05) is 6.07 Å². The number of aryl methyl sites for hydroxylation is 1. The van der Waals surface area contributed by atoms with Crippen LogP contribution in [-0.4, -0.2) is 0 Å². The number of hydrogen-bond donors (Lipinski definition) is 0. The second-order valence-corrected chi connectivity index (χ2v) is 6.64. The highest BCUT2D eigenvalue weighted by Gasteiger charge is 2.24. The van der Waals surface area contributed by atoms with Crippen LogP contribution in [0.4, 0.5) is 4.39 Å². The summed E-state index contributed by atoms with van der Waals surface area (Å²) in [6.07, 6.45) is 6.02. The third-order valence-corrected chi connectivity index (χ3v) is 4.67. The molecule has 0 radical (unpaired) electrons. The van der Waals surface area contributed by atoms with Crippen LogP contribution in [0.25, 0.3) is 0 Å². The summed E-state index contributed by atoms with van der Waals surface area (Å²) in [6, 6.07) is 15.9. The fraction of sp³-hybridized carbons (Fsp3) is 0.455. The Bertz CT molecular complexity index is 557. The first-order valence-corrected chi connectivity index (χ1v) is 8.97. The molecular formula is C22H29F. The first kappa shape index (κ1) is 17.7. The molecule has 23 heavy (non-hydrogen) atoms. The standard InChI is InChI=1S/C22H29F/c1-4-6-11-18(9-5-2)22(19-12-7-10-17(3)15-19)20-13-8-14-21(23)16-20/h7-8,10,12-16,18,22H,4-6,9,11H2,1-3H3. The van der Waals surface area contributed by atoms with Gasteiger partial charge in [0.15, 0.2) is 0 Å². The molecule has 0 heterocycles. The van der Waals surface area contributed by atoms with E-state index in [0.717, 1.165) is 5.56 Å². The molecule has 0 spiro atoms. The third-order valence-electron chi connectivity index (χ3n) is 4.67. The second kappa shape index (κ2) is 8.86. The summed E-state index contributed by atoms with van der Waals surface area (Å²) >= 11 is 0. The van der Waals surface area contributed by atoms with Gasteiger partial charge in [-0.3, -0.25) is 0 Å². The van der Waals surface area contributed by atoms with E-state index in [1.165, 1.54) is 49.3 Å². The molecule has 2 rings (SSSR count). The van der Waals surface area contributed by atoms with Gasteiger partial charge < -0.3 is 0 Å². The highest BCUT2D eigenvalue weighted by atomic mass is 19.1. The molecular weight excluding hydrogens is 283 g/mol. The van der Waals surface area contributed by atoms with Gasteiger partial charge in [0.25, 0.3) is 0 Å². The summed E-state index contributed by atoms with van der Waals surface area (Å²) in [4.78, 5) is 0. The zero-order valence-electron chi connectivity index (χ0n) is 14.7. The predicted octanol–water partition coefficient (Wildman–Crippen LogP) is 6.87. The molecule has 0 aliphatic carbocycles. The molecule has 0 aliphatic rings. The van der Waals surface area contributed by atoms with Crippen LogP contribution in [0.1, 0.15) is 68.6 Å². The van der Waals surface area contributed by atoms with E-state index in [1.54, 1.807) is 6.07 Å². The molecule has 0 nitrogen and oxygen atoms in total. The molecule has 0 saturated carbocycles. The first-order valence-electron chi connectivity index (χ1n) is 8.97. The number of halogens is 1. The van der Waals surface area contributed by atoms with Crippen LogP contribution in [0, 0.1) is 18.7 Å². The molecule has 124 valence electrons. The molecule has 0 saturated heterocycles. The molecule has 0 amide bonds. The van der Waals surface area contributed by atoms with Crippen LogP contribution in [0.3, 0.4) is 0 Å². The van der Waals surface area contributed by atoms with E-state index < -0.39 is 0 Å². The van der Waals surface area contributed by atoms with Gasteiger partial charge in [0.2, 0.25) is 0 Å². The van der Waals surface area contributed by atoms with E-state index in [-0.39, 0.29) is 11.7 Å². The predicted molar refractivity (Wildman–Crippen MR) is 97.3 cm³/mol. The molecule has 2 aromatic rings. The number of rotatable bonds is 8. The fourth-order valence-corrected chi connectivity index (χ4v) is 3.62. The summed E-state index contributed by atoms with van der Waals surface area (Å²) in [6.45, 7) is 6.62. The lowest BCUT2D eigenvalue weighted by Gasteiger charge is -2.28. The lowest BCUT2D eigenvalue weighted by atomic mass is 9.76. The highest BCUT2D eigenvalue weighted by molar-refractivity contribution is 5.35. The Kier molecular flexibility index (Phi) is 6.83. The van der Waals surface area contributed by atoms with Crippen molar-refractivity contribution in [2.45, 2.75) is 58.8 Å². The molecule has 1 heteroatoms. The Morgan fingerprint density at radius 1 is 0.870 bits per heavy atom. The minimum atomic E-state index is -0.133. The van der Waals surface area contributed by atoms with E-state index in [4.69, 9.17) is 0 Å². The molecule has 2 atom stereocenters. The average molecular weight is 312 g/mol. The van der Waals surface area contributed by atoms with Crippen molar-refractivity contribution in [2.75, 3.05) is 0 Å². The van der Waals surface area contributed by atoms with Gasteiger partial charge in [0, 0.05) is 5.92 Å². The van der Waals surface area contributed by atoms with Crippen molar-refractivity contribution >= 4 is 0 Å². The van der Waals surface area contributed by atoms with Gasteiger partial charge in [-0.1, -0.05) is 75.1 Å². The Balaban J connectivity index is 2.44. The normalized spacial score (nSPS) is 13.7. The zero-order valence-corrected chi connectivity index (χ0v) is 14.7. The number of unbranched alkanes of at least 4 members (excludes halogenated alkanes) is 1. The van der Waals surface area contributed by atoms with Gasteiger partial charge >= 0.3 is 0 Å². The molecule has 2 aromatic carbocycles. The SMILES string of the molecule is CCCCC(CCC)C(c1cccc(C)c1)c1cccc(F)c1. The topological polar surface area (TPSA) is 0 Å². The van der Waals surface area contributed by atoms with Crippen LogP contribution < -0.4 is 0 Å². The molecule has 0 N–H and O–H groups in total. The van der Waals surface area contributed by atoms with Crippen LogP contribution in [0.2, 0.25) is 0 Å². The smallest absolute Gasteiger partial charge is 0.123 e. The third kappa shape index (κ3) is 4.92. The minimum Gasteiger partial charge on any atom is -0.207 e. The number of hydrogen-bond acceptors (Lipinski definition) is 0. The van der Waals surface area contributed by atoms with E-state index in [2.05, 4.69) is 51.1 Å². The largest absolute Gasteiger partial charge is 0.207 e. The maximum atomic E-state index is 13.8. The molecule has 0 fully saturated rings. The van der Waals surface area contributed by atoms with Crippen LogP contribution >= 0.6 is 0 Å². The van der Waals surface area contributed by atoms with Gasteiger partial charge in [0.1, 0.15) is 5.82 Å². The van der Waals surface area contributed by atoms with Crippen LogP contribution in [0.15, 0.2) is 48.5 Å². The van der Waals surface area contributed by atoms with Crippen molar-refractivity contribution in [1.82, 2.24) is 0 Å². The molecule has 0 bridgehead atoms. The average Bonchev–Trinajstić information content (AvgIpc) is 2.53. The van der Waals surface area contributed by atoms with E-state index in [9.17, 15) is 4.39 Å². The van der Waals surface area contributed by atoms with Gasteiger partial charge in [-0.25, -0.2) is 4.39 Å². The quantitative estimate of drug-likeness (QED) is 0.499. The first-order chi connectivity index (χ1) is 11.2. The zero-order chi connectivity index (χ0) is 16.7. The van der Waals surface area contributed by atoms with Crippen molar-refractivity contribution in [3.05, 3.63) is 71.0 Å². The van der Waals surface area contributed by atoms with Gasteiger partial charge in [-0.15, -0.1) is 0 Å². The van der Waals surface area contributed by atoms with E-state index >= 15 is 0 Å². The van der Waals surface area contributed by atoms with Crippen LogP contribution in [-0.2, 0) is 0 Å². The monoisotopic (exact) mass is 312 g/mol. The summed E-state index contributed by atoms with van der Waals surface area (Å²) in [5, 5.41) is 0. The fourth-order valence-electron chi connectivity index (χ4n) is 3.62. The van der Waals surface area contributed by atoms with Crippen molar-refractivity contribution in [1.29, 1.82) is 0 Å². The summed E-state index contributed by atoms with van der Waals surface area (Å²) in [5.41, 5.74) is 3.71. The maximum absolute atomic E-state index is 13.8. The lowest BCUT2D eigenvalue weighted by Crippen LogP contribution is -2.15. The Morgan fingerprint density at radius 2 is 1.57 bits per heavy atom. The maximum Gasteiger partial charge on any atom is 0.123 e. The minimum absolute atomic E-state index is 0.133. The summed E-state index contributed by atoms with van der Waals surface area (Å²) in [7, 11) is 0. The molecule has 0 aromatic heterocycles. The second-order valence-electron chi connectivity index (χ2n) is 6.64. The van der Waals surface area contributed by atoms with Gasteiger partial charge in [0.05, 0.1) is 0 Å². The summed E-state index contributed by atoms with van der Waals surface area (Å²) < 4.78 is 13.8. The lowest BCUT2D eigenvalue weighted by molar-refractivity contribution is 0.386. The summed E-state index contributed by atoms with van der Waals surface area (Å²) in [5.74, 6) is 0.728. The van der Waals surface area contributed by atoms with Gasteiger partial charge in [-0.05, 0) is 48.9 Å². The molecule has 2 unspecified atom stereocenters. The Hall–Kier alpha value is -1.63. The van der Waals surface area contributed by atoms with Crippen molar-refractivity contribution in [3.63, 3.8) is 0 Å². The number of benzene rings is 2. The van der Waals surface area contributed by atoms with Crippen LogP contribution in [0.5, 0.6) is 0 Å². The van der Waals surface area contributed by atoms with Crippen molar-refractivity contribution in [3.8, 4) is 0 Å². The van der Waals surface area contributed by atoms with Gasteiger partial charge in [-0.2, -0.15) is 0 Å². The Labute approximate surface area is 140 Å².